The molecule has 0 aliphatic rings. The van der Waals surface area contributed by atoms with Gasteiger partial charge in [-0.2, -0.15) is 0 Å². The van der Waals surface area contributed by atoms with Gasteiger partial charge in [0.2, 0.25) is 5.91 Å². The Bertz CT molecular complexity index is 628. The van der Waals surface area contributed by atoms with Crippen LogP contribution in [0.5, 0.6) is 5.75 Å². The second-order valence-electron chi connectivity index (χ2n) is 4.72. The molecule has 1 atom stereocenters. The third kappa shape index (κ3) is 3.42. The van der Waals surface area contributed by atoms with Gasteiger partial charge in [-0.15, -0.1) is 0 Å². The molecule has 1 unspecified atom stereocenters. The van der Waals surface area contributed by atoms with Gasteiger partial charge in [0.25, 0.3) is 0 Å². The first kappa shape index (κ1) is 15.5. The van der Waals surface area contributed by atoms with Gasteiger partial charge in [0.05, 0.1) is 23.2 Å². The Morgan fingerprint density at radius 1 is 1.29 bits per heavy atom. The first-order valence-electron chi connectivity index (χ1n) is 6.55. The highest BCUT2D eigenvalue weighted by Gasteiger charge is 2.21. The molecule has 0 N–H and O–H groups in total. The van der Waals surface area contributed by atoms with Gasteiger partial charge in [0, 0.05) is 19.4 Å². The molecule has 21 heavy (non-hydrogen) atoms. The number of aromatic nitrogens is 1. The number of hydrogen-bond donors (Lipinski definition) is 0. The second-order valence-corrected chi connectivity index (χ2v) is 5.57. The summed E-state index contributed by atoms with van der Waals surface area (Å²) in [5.74, 6) is 0.566. The van der Waals surface area contributed by atoms with Crippen LogP contribution < -0.4 is 9.64 Å². The molecule has 0 bridgehead atoms. The Morgan fingerprint density at radius 2 is 1.95 bits per heavy atom. The van der Waals surface area contributed by atoms with Crippen molar-refractivity contribution < 1.29 is 9.53 Å². The highest BCUT2D eigenvalue weighted by molar-refractivity contribution is 9.10. The Labute approximate surface area is 132 Å². The lowest BCUT2D eigenvalue weighted by Crippen LogP contribution is -2.30. The Kier molecular flexibility index (Phi) is 4.96. The third-order valence-electron chi connectivity index (χ3n) is 3.43. The summed E-state index contributed by atoms with van der Waals surface area (Å²) in [5, 5.41) is 0. The van der Waals surface area contributed by atoms with Gasteiger partial charge < -0.3 is 9.64 Å². The van der Waals surface area contributed by atoms with Crippen LogP contribution in [-0.4, -0.2) is 25.0 Å². The van der Waals surface area contributed by atoms with Crippen molar-refractivity contribution in [1.82, 2.24) is 4.98 Å². The van der Waals surface area contributed by atoms with Crippen molar-refractivity contribution in [2.45, 2.75) is 12.8 Å². The fourth-order valence-corrected chi connectivity index (χ4v) is 2.60. The van der Waals surface area contributed by atoms with E-state index in [0.29, 0.717) is 0 Å². The van der Waals surface area contributed by atoms with E-state index in [0.717, 1.165) is 21.5 Å². The quantitative estimate of drug-likeness (QED) is 0.847. The van der Waals surface area contributed by atoms with Gasteiger partial charge in [-0.3, -0.25) is 9.78 Å². The van der Waals surface area contributed by atoms with Crippen LogP contribution in [0.2, 0.25) is 0 Å². The van der Waals surface area contributed by atoms with Crippen molar-refractivity contribution in [3.63, 3.8) is 0 Å². The highest BCUT2D eigenvalue weighted by atomic mass is 79.9. The zero-order chi connectivity index (χ0) is 15.4. The van der Waals surface area contributed by atoms with E-state index >= 15 is 0 Å². The number of likely N-dealkylation sites (N-methyl/N-ethyl adjacent to an activating group) is 1. The van der Waals surface area contributed by atoms with Gasteiger partial charge in [-0.25, -0.2) is 0 Å². The number of rotatable bonds is 4. The van der Waals surface area contributed by atoms with Crippen LogP contribution in [-0.2, 0) is 4.79 Å². The van der Waals surface area contributed by atoms with E-state index in [4.69, 9.17) is 4.74 Å². The van der Waals surface area contributed by atoms with Crippen LogP contribution in [0.4, 0.5) is 5.69 Å². The first-order valence-corrected chi connectivity index (χ1v) is 7.35. The minimum Gasteiger partial charge on any atom is -0.497 e. The van der Waals surface area contributed by atoms with E-state index in [-0.39, 0.29) is 11.8 Å². The third-order valence-corrected chi connectivity index (χ3v) is 4.04. The molecule has 1 aromatic carbocycles. The summed E-state index contributed by atoms with van der Waals surface area (Å²) in [6.45, 7) is 1.90. The molecular formula is C16H17BrN2O2. The molecule has 2 aromatic rings. The van der Waals surface area contributed by atoms with E-state index in [1.807, 2.05) is 37.3 Å². The standard InChI is InChI=1S/C16H17BrN2O2/c1-11(12-4-6-13(21-3)7-5-12)16(20)19(2)15-8-9-18-10-14(15)17/h4-11H,1-3H3. The van der Waals surface area contributed by atoms with E-state index in [2.05, 4.69) is 20.9 Å². The van der Waals surface area contributed by atoms with Crippen LogP contribution in [0.25, 0.3) is 0 Å². The van der Waals surface area contributed by atoms with Crippen molar-refractivity contribution in [1.29, 1.82) is 0 Å². The largest absolute Gasteiger partial charge is 0.497 e. The number of benzene rings is 1. The lowest BCUT2D eigenvalue weighted by molar-refractivity contribution is -0.119. The number of nitrogens with zero attached hydrogens (tertiary/aromatic N) is 2. The summed E-state index contributed by atoms with van der Waals surface area (Å²) < 4.78 is 5.93. The van der Waals surface area contributed by atoms with Crippen LogP contribution in [0.1, 0.15) is 18.4 Å². The van der Waals surface area contributed by atoms with Crippen molar-refractivity contribution in [3.8, 4) is 5.75 Å². The molecule has 0 aliphatic carbocycles. The van der Waals surface area contributed by atoms with Crippen LogP contribution >= 0.6 is 15.9 Å². The van der Waals surface area contributed by atoms with E-state index in [1.54, 1.807) is 31.5 Å². The van der Waals surface area contributed by atoms with E-state index in [9.17, 15) is 4.79 Å². The number of methoxy groups -OCH3 is 1. The number of amides is 1. The molecule has 1 heterocycles. The van der Waals surface area contributed by atoms with Gasteiger partial charge in [-0.1, -0.05) is 12.1 Å². The monoisotopic (exact) mass is 348 g/mol. The fourth-order valence-electron chi connectivity index (χ4n) is 2.08. The molecule has 2 rings (SSSR count). The zero-order valence-corrected chi connectivity index (χ0v) is 13.8. The molecular weight excluding hydrogens is 332 g/mol. The van der Waals surface area contributed by atoms with Crippen LogP contribution in [0, 0.1) is 0 Å². The van der Waals surface area contributed by atoms with Crippen molar-refractivity contribution in [2.24, 2.45) is 0 Å². The van der Waals surface area contributed by atoms with Gasteiger partial charge in [-0.05, 0) is 46.6 Å². The van der Waals surface area contributed by atoms with Crippen molar-refractivity contribution in [2.75, 3.05) is 19.1 Å². The molecule has 0 spiro atoms. The number of halogens is 1. The van der Waals surface area contributed by atoms with Gasteiger partial charge in [0.1, 0.15) is 5.75 Å². The molecule has 110 valence electrons. The molecule has 0 aliphatic heterocycles. The van der Waals surface area contributed by atoms with E-state index < -0.39 is 0 Å². The normalized spacial score (nSPS) is 11.8. The molecule has 1 amide bonds. The Morgan fingerprint density at radius 3 is 2.52 bits per heavy atom. The minimum atomic E-state index is -0.235. The molecule has 0 saturated carbocycles. The molecule has 0 saturated heterocycles. The SMILES string of the molecule is COc1ccc(C(C)C(=O)N(C)c2ccncc2Br)cc1. The maximum absolute atomic E-state index is 12.6. The predicted octanol–water partition coefficient (Wildman–Crippen LogP) is 3.62. The Balaban J connectivity index is 2.20. The lowest BCUT2D eigenvalue weighted by atomic mass is 9.99. The van der Waals surface area contributed by atoms with Crippen molar-refractivity contribution >= 4 is 27.5 Å². The molecule has 5 heteroatoms. The summed E-state index contributed by atoms with van der Waals surface area (Å²) >= 11 is 3.42. The number of hydrogen-bond acceptors (Lipinski definition) is 3. The predicted molar refractivity (Wildman–Crippen MR) is 86.8 cm³/mol. The molecule has 1 aromatic heterocycles. The number of pyridine rings is 1. The fraction of sp³-hybridized carbons (Fsp3) is 0.250. The minimum absolute atomic E-state index is 0.0204. The van der Waals surface area contributed by atoms with Crippen molar-refractivity contribution in [3.05, 3.63) is 52.8 Å². The number of carbonyl (C=O) groups is 1. The highest BCUT2D eigenvalue weighted by Crippen LogP contribution is 2.27. The van der Waals surface area contributed by atoms with Gasteiger partial charge >= 0.3 is 0 Å². The van der Waals surface area contributed by atoms with Crippen LogP contribution in [0.3, 0.4) is 0 Å². The topological polar surface area (TPSA) is 42.4 Å². The van der Waals surface area contributed by atoms with Gasteiger partial charge in [0.15, 0.2) is 0 Å². The average Bonchev–Trinajstić information content (AvgIpc) is 2.53. The summed E-state index contributed by atoms with van der Waals surface area (Å²) in [6, 6.07) is 9.36. The maximum atomic E-state index is 12.6. The Hall–Kier alpha value is -1.88. The lowest BCUT2D eigenvalue weighted by Gasteiger charge is -2.22. The number of ether oxygens (including phenoxy) is 1. The average molecular weight is 349 g/mol. The summed E-state index contributed by atoms with van der Waals surface area (Å²) in [7, 11) is 3.39. The second kappa shape index (κ2) is 6.72. The number of carbonyl (C=O) groups excluding carboxylic acids is 1. The maximum Gasteiger partial charge on any atom is 0.234 e. The molecule has 0 fully saturated rings. The van der Waals surface area contributed by atoms with Crippen LogP contribution in [0.15, 0.2) is 47.2 Å². The number of anilines is 1. The zero-order valence-electron chi connectivity index (χ0n) is 12.2. The summed E-state index contributed by atoms with van der Waals surface area (Å²) in [5.41, 5.74) is 1.76. The summed E-state index contributed by atoms with van der Waals surface area (Å²) in [6.07, 6.45) is 3.35. The summed E-state index contributed by atoms with van der Waals surface area (Å²) in [4.78, 5) is 18.3. The first-order chi connectivity index (χ1) is 10.0. The van der Waals surface area contributed by atoms with E-state index in [1.165, 1.54) is 0 Å². The smallest absolute Gasteiger partial charge is 0.234 e. The molecule has 4 nitrogen and oxygen atoms in total. The molecule has 0 radical (unpaired) electrons.